The van der Waals surface area contributed by atoms with Crippen LogP contribution in [0.3, 0.4) is 0 Å². The molecule has 2 amide bonds. The Hall–Kier alpha value is -3.22. The number of nitrogens with one attached hydrogen (secondary N) is 1. The van der Waals surface area contributed by atoms with Crippen molar-refractivity contribution in [3.63, 3.8) is 0 Å². The van der Waals surface area contributed by atoms with E-state index in [9.17, 15) is 9.59 Å². The standard InChI is InChI=1S/C20H22N2O5/c1-25-16-6-4-5-15(10-16)22-12-14(9-19(22)23)21-20(24)13-7-17(26-2)11-18(8-13)27-3/h4-8,10-11,14H,9,12H2,1-3H3,(H,21,24). The molecule has 7 heteroatoms. The normalized spacial score (nSPS) is 16.2. The van der Waals surface area contributed by atoms with Gasteiger partial charge >= 0.3 is 0 Å². The van der Waals surface area contributed by atoms with E-state index in [2.05, 4.69) is 5.32 Å². The van der Waals surface area contributed by atoms with E-state index in [1.165, 1.54) is 14.2 Å². The van der Waals surface area contributed by atoms with E-state index < -0.39 is 0 Å². The molecule has 1 heterocycles. The molecular formula is C20H22N2O5. The molecule has 0 aromatic heterocycles. The lowest BCUT2D eigenvalue weighted by molar-refractivity contribution is -0.117. The predicted octanol–water partition coefficient (Wildman–Crippen LogP) is 2.25. The third kappa shape index (κ3) is 4.13. The van der Waals surface area contributed by atoms with Crippen molar-refractivity contribution in [1.29, 1.82) is 0 Å². The van der Waals surface area contributed by atoms with Crippen LogP contribution in [0.5, 0.6) is 17.2 Å². The fourth-order valence-corrected chi connectivity index (χ4v) is 3.04. The zero-order valence-corrected chi connectivity index (χ0v) is 15.5. The maximum absolute atomic E-state index is 12.6. The summed E-state index contributed by atoms with van der Waals surface area (Å²) in [7, 11) is 4.63. The fourth-order valence-electron chi connectivity index (χ4n) is 3.04. The van der Waals surface area contributed by atoms with Crippen LogP contribution in [0.2, 0.25) is 0 Å². The van der Waals surface area contributed by atoms with Gasteiger partial charge in [0.05, 0.1) is 27.4 Å². The van der Waals surface area contributed by atoms with Gasteiger partial charge in [-0.3, -0.25) is 9.59 Å². The molecule has 27 heavy (non-hydrogen) atoms. The van der Waals surface area contributed by atoms with E-state index in [1.54, 1.807) is 36.3 Å². The summed E-state index contributed by atoms with van der Waals surface area (Å²) in [6, 6.07) is 12.0. The first kappa shape index (κ1) is 18.6. The molecule has 0 spiro atoms. The van der Waals surface area contributed by atoms with Crippen LogP contribution in [0.25, 0.3) is 0 Å². The summed E-state index contributed by atoms with van der Waals surface area (Å²) in [5.41, 5.74) is 1.16. The molecule has 1 N–H and O–H groups in total. The minimum Gasteiger partial charge on any atom is -0.497 e. The molecule has 142 valence electrons. The van der Waals surface area contributed by atoms with Crippen LogP contribution >= 0.6 is 0 Å². The number of hydrogen-bond acceptors (Lipinski definition) is 5. The Labute approximate surface area is 157 Å². The number of hydrogen-bond donors (Lipinski definition) is 1. The van der Waals surface area contributed by atoms with Crippen molar-refractivity contribution in [3.05, 3.63) is 48.0 Å². The first-order chi connectivity index (χ1) is 13.0. The predicted molar refractivity (Wildman–Crippen MR) is 101 cm³/mol. The Bertz CT molecular complexity index is 830. The monoisotopic (exact) mass is 370 g/mol. The van der Waals surface area contributed by atoms with Gasteiger partial charge in [0.15, 0.2) is 0 Å². The number of rotatable bonds is 6. The Kier molecular flexibility index (Phi) is 5.49. The molecule has 0 aliphatic carbocycles. The third-order valence-electron chi connectivity index (χ3n) is 4.44. The highest BCUT2D eigenvalue weighted by atomic mass is 16.5. The Morgan fingerprint density at radius 2 is 1.67 bits per heavy atom. The van der Waals surface area contributed by atoms with Gasteiger partial charge in [0.1, 0.15) is 17.2 Å². The van der Waals surface area contributed by atoms with Crippen LogP contribution in [-0.2, 0) is 4.79 Å². The summed E-state index contributed by atoms with van der Waals surface area (Å²) in [4.78, 5) is 26.7. The van der Waals surface area contributed by atoms with Crippen LogP contribution in [0.4, 0.5) is 5.69 Å². The smallest absolute Gasteiger partial charge is 0.251 e. The van der Waals surface area contributed by atoms with Gasteiger partial charge in [-0.1, -0.05) is 6.07 Å². The summed E-state index contributed by atoms with van der Waals surface area (Å²) in [6.07, 6.45) is 0.240. The first-order valence-corrected chi connectivity index (χ1v) is 8.52. The van der Waals surface area contributed by atoms with Crippen LogP contribution < -0.4 is 24.4 Å². The molecule has 3 rings (SSSR count). The Balaban J connectivity index is 1.71. The van der Waals surface area contributed by atoms with Crippen molar-refractivity contribution in [1.82, 2.24) is 5.32 Å². The molecule has 1 unspecified atom stereocenters. The summed E-state index contributed by atoms with van der Waals surface area (Å²) >= 11 is 0. The number of carbonyl (C=O) groups is 2. The van der Waals surface area contributed by atoms with E-state index in [1.807, 2.05) is 18.2 Å². The van der Waals surface area contributed by atoms with Crippen molar-refractivity contribution in [2.75, 3.05) is 32.8 Å². The lowest BCUT2D eigenvalue weighted by atomic mass is 10.1. The lowest BCUT2D eigenvalue weighted by Crippen LogP contribution is -2.37. The highest BCUT2D eigenvalue weighted by molar-refractivity contribution is 5.99. The topological polar surface area (TPSA) is 77.1 Å². The van der Waals surface area contributed by atoms with E-state index in [0.29, 0.717) is 29.4 Å². The largest absolute Gasteiger partial charge is 0.497 e. The molecule has 1 saturated heterocycles. The maximum atomic E-state index is 12.6. The van der Waals surface area contributed by atoms with E-state index in [4.69, 9.17) is 14.2 Å². The van der Waals surface area contributed by atoms with Gasteiger partial charge < -0.3 is 24.4 Å². The van der Waals surface area contributed by atoms with Crippen molar-refractivity contribution in [2.45, 2.75) is 12.5 Å². The van der Waals surface area contributed by atoms with Crippen molar-refractivity contribution < 1.29 is 23.8 Å². The second-order valence-electron chi connectivity index (χ2n) is 6.18. The molecule has 0 saturated carbocycles. The minimum absolute atomic E-state index is 0.0447. The summed E-state index contributed by atoms with van der Waals surface area (Å²) in [6.45, 7) is 0.402. The number of nitrogens with zero attached hydrogens (tertiary/aromatic N) is 1. The van der Waals surface area contributed by atoms with Gasteiger partial charge in [0.2, 0.25) is 5.91 Å². The average molecular weight is 370 g/mol. The van der Waals surface area contributed by atoms with Crippen LogP contribution in [0, 0.1) is 0 Å². The summed E-state index contributed by atoms with van der Waals surface area (Å²) in [5.74, 6) is 1.41. The number of methoxy groups -OCH3 is 3. The van der Waals surface area contributed by atoms with Gasteiger partial charge in [0.25, 0.3) is 5.91 Å². The van der Waals surface area contributed by atoms with Gasteiger partial charge in [0, 0.05) is 36.3 Å². The second-order valence-corrected chi connectivity index (χ2v) is 6.18. The van der Waals surface area contributed by atoms with Crippen LogP contribution in [-0.4, -0.2) is 45.7 Å². The molecule has 0 bridgehead atoms. The third-order valence-corrected chi connectivity index (χ3v) is 4.44. The summed E-state index contributed by atoms with van der Waals surface area (Å²) < 4.78 is 15.6. The molecule has 2 aromatic rings. The molecule has 1 fully saturated rings. The quantitative estimate of drug-likeness (QED) is 0.844. The molecule has 1 aliphatic rings. The summed E-state index contributed by atoms with van der Waals surface area (Å²) in [5, 5.41) is 2.91. The first-order valence-electron chi connectivity index (χ1n) is 8.52. The van der Waals surface area contributed by atoms with Gasteiger partial charge in [-0.15, -0.1) is 0 Å². The molecule has 1 aliphatic heterocycles. The van der Waals surface area contributed by atoms with E-state index in [0.717, 1.165) is 5.69 Å². The number of anilines is 1. The number of benzene rings is 2. The second kappa shape index (κ2) is 7.99. The highest BCUT2D eigenvalue weighted by Crippen LogP contribution is 2.26. The minimum atomic E-state index is -0.284. The average Bonchev–Trinajstić information content (AvgIpc) is 3.07. The van der Waals surface area contributed by atoms with Crippen LogP contribution in [0.15, 0.2) is 42.5 Å². The molecule has 2 aromatic carbocycles. The van der Waals surface area contributed by atoms with Crippen molar-refractivity contribution in [3.8, 4) is 17.2 Å². The van der Waals surface area contributed by atoms with E-state index in [-0.39, 0.29) is 24.3 Å². The molecule has 1 atom stereocenters. The Morgan fingerprint density at radius 1 is 1.00 bits per heavy atom. The molecule has 7 nitrogen and oxygen atoms in total. The van der Waals surface area contributed by atoms with Crippen LogP contribution in [0.1, 0.15) is 16.8 Å². The van der Waals surface area contributed by atoms with Crippen molar-refractivity contribution in [2.24, 2.45) is 0 Å². The van der Waals surface area contributed by atoms with Gasteiger partial charge in [-0.05, 0) is 24.3 Å². The highest BCUT2D eigenvalue weighted by Gasteiger charge is 2.32. The SMILES string of the molecule is COc1cc(OC)cc(C(=O)NC2CC(=O)N(c3cccc(OC)c3)C2)c1. The van der Waals surface area contributed by atoms with E-state index >= 15 is 0 Å². The van der Waals surface area contributed by atoms with Gasteiger partial charge in [-0.25, -0.2) is 0 Å². The molecular weight excluding hydrogens is 348 g/mol. The molecule has 0 radical (unpaired) electrons. The number of carbonyl (C=O) groups excluding carboxylic acids is 2. The Morgan fingerprint density at radius 3 is 2.30 bits per heavy atom. The van der Waals surface area contributed by atoms with Gasteiger partial charge in [-0.2, -0.15) is 0 Å². The zero-order chi connectivity index (χ0) is 19.4. The number of amides is 2. The lowest BCUT2D eigenvalue weighted by Gasteiger charge is -2.18. The maximum Gasteiger partial charge on any atom is 0.251 e. The fraction of sp³-hybridized carbons (Fsp3) is 0.300. The zero-order valence-electron chi connectivity index (χ0n) is 15.5. The van der Waals surface area contributed by atoms with Crippen molar-refractivity contribution >= 4 is 17.5 Å². The number of ether oxygens (including phenoxy) is 3.